The fourth-order valence-corrected chi connectivity index (χ4v) is 3.78. The maximum atomic E-state index is 12.5. The maximum Gasteiger partial charge on any atom is 0.222 e. The van der Waals surface area contributed by atoms with E-state index in [9.17, 15) is 4.79 Å². The van der Waals surface area contributed by atoms with Crippen LogP contribution in [0.2, 0.25) is 0 Å². The second-order valence-electron chi connectivity index (χ2n) is 7.21. The van der Waals surface area contributed by atoms with Crippen LogP contribution in [-0.2, 0) is 4.79 Å². The Hall–Kier alpha value is -0.280. The number of nitrogens with zero attached hydrogens (tertiary/aromatic N) is 1. The molecule has 0 spiro atoms. The Morgan fingerprint density at radius 1 is 1.24 bits per heavy atom. The van der Waals surface area contributed by atoms with Crippen molar-refractivity contribution < 1.29 is 4.79 Å². The van der Waals surface area contributed by atoms with Gasteiger partial charge in [0.1, 0.15) is 0 Å². The summed E-state index contributed by atoms with van der Waals surface area (Å²) >= 11 is 0. The normalized spacial score (nSPS) is 31.1. The number of hydrogen-bond donors (Lipinski definition) is 1. The number of piperidine rings is 1. The maximum absolute atomic E-state index is 12.5. The largest absolute Gasteiger partial charge is 0.343 e. The molecule has 1 heterocycles. The van der Waals surface area contributed by atoms with Crippen molar-refractivity contribution in [1.29, 1.82) is 0 Å². The van der Waals surface area contributed by atoms with Gasteiger partial charge < -0.3 is 10.2 Å². The molecule has 2 atom stereocenters. The Morgan fingerprint density at radius 2 is 1.90 bits per heavy atom. The molecule has 0 aromatic rings. The molecule has 0 bridgehead atoms. The fourth-order valence-electron chi connectivity index (χ4n) is 3.78. The minimum absolute atomic E-state index is 0. The van der Waals surface area contributed by atoms with Crippen molar-refractivity contribution in [3.05, 3.63) is 0 Å². The third-order valence-electron chi connectivity index (χ3n) is 5.56. The van der Waals surface area contributed by atoms with Crippen LogP contribution in [0.4, 0.5) is 0 Å². The Balaban J connectivity index is 0.00000220. The van der Waals surface area contributed by atoms with E-state index >= 15 is 0 Å². The number of hydrogen-bond acceptors (Lipinski definition) is 2. The van der Waals surface area contributed by atoms with Crippen molar-refractivity contribution >= 4 is 18.3 Å². The van der Waals surface area contributed by atoms with Crippen molar-refractivity contribution in [1.82, 2.24) is 10.2 Å². The van der Waals surface area contributed by atoms with Gasteiger partial charge in [0.15, 0.2) is 0 Å². The van der Waals surface area contributed by atoms with Gasteiger partial charge in [-0.3, -0.25) is 4.79 Å². The summed E-state index contributed by atoms with van der Waals surface area (Å²) in [7, 11) is 2.02. The summed E-state index contributed by atoms with van der Waals surface area (Å²) in [6.45, 7) is 6.83. The third kappa shape index (κ3) is 5.45. The quantitative estimate of drug-likeness (QED) is 0.861. The smallest absolute Gasteiger partial charge is 0.222 e. The van der Waals surface area contributed by atoms with Gasteiger partial charge in [-0.15, -0.1) is 12.4 Å². The van der Waals surface area contributed by atoms with Crippen LogP contribution in [-0.4, -0.2) is 37.0 Å². The van der Waals surface area contributed by atoms with E-state index in [0.717, 1.165) is 25.4 Å². The van der Waals surface area contributed by atoms with Crippen LogP contribution in [0.5, 0.6) is 0 Å². The zero-order valence-corrected chi connectivity index (χ0v) is 14.8. The molecule has 3 nitrogen and oxygen atoms in total. The lowest BCUT2D eigenvalue weighted by atomic mass is 9.84. The van der Waals surface area contributed by atoms with Crippen molar-refractivity contribution in [2.75, 3.05) is 20.1 Å². The van der Waals surface area contributed by atoms with E-state index in [1.165, 1.54) is 38.5 Å². The van der Waals surface area contributed by atoms with Gasteiger partial charge in [0.2, 0.25) is 5.91 Å². The molecule has 124 valence electrons. The molecule has 2 fully saturated rings. The molecule has 1 amide bonds. The van der Waals surface area contributed by atoms with Crippen molar-refractivity contribution in [2.45, 2.75) is 64.8 Å². The highest BCUT2D eigenvalue weighted by Gasteiger charge is 2.27. The molecule has 1 saturated heterocycles. The number of carbonyl (C=O) groups excluding carboxylic acids is 1. The molecule has 0 aromatic heterocycles. The first kappa shape index (κ1) is 18.8. The summed E-state index contributed by atoms with van der Waals surface area (Å²) < 4.78 is 0. The second kappa shape index (κ2) is 8.99. The van der Waals surface area contributed by atoms with E-state index in [1.807, 2.05) is 7.05 Å². The standard InChI is InChI=1S/C17H32N2O.ClH/c1-13-6-8-16(9-7-13)19(3)17(20)11-14(2)15-5-4-10-18-12-15;/h13-16,18H,4-12H2,1-3H3;1H. The minimum Gasteiger partial charge on any atom is -0.343 e. The van der Waals surface area contributed by atoms with E-state index < -0.39 is 0 Å². The molecule has 1 aliphatic carbocycles. The molecule has 21 heavy (non-hydrogen) atoms. The van der Waals surface area contributed by atoms with E-state index in [4.69, 9.17) is 0 Å². The number of rotatable bonds is 4. The summed E-state index contributed by atoms with van der Waals surface area (Å²) in [4.78, 5) is 14.5. The molecule has 2 rings (SSSR count). The monoisotopic (exact) mass is 316 g/mol. The molecular formula is C17H33ClN2O. The highest BCUT2D eigenvalue weighted by Crippen LogP contribution is 2.28. The Morgan fingerprint density at radius 3 is 2.48 bits per heavy atom. The van der Waals surface area contributed by atoms with Crippen LogP contribution in [0.1, 0.15) is 58.8 Å². The van der Waals surface area contributed by atoms with Crippen LogP contribution >= 0.6 is 12.4 Å². The zero-order valence-electron chi connectivity index (χ0n) is 13.9. The highest BCUT2D eigenvalue weighted by atomic mass is 35.5. The van der Waals surface area contributed by atoms with Crippen LogP contribution in [0, 0.1) is 17.8 Å². The average Bonchev–Trinajstić information content (AvgIpc) is 2.48. The molecule has 2 aliphatic rings. The van der Waals surface area contributed by atoms with Crippen LogP contribution in [0.25, 0.3) is 0 Å². The molecule has 1 aliphatic heterocycles. The first-order valence-electron chi connectivity index (χ1n) is 8.54. The summed E-state index contributed by atoms with van der Waals surface area (Å²) in [6, 6.07) is 0.496. The molecular weight excluding hydrogens is 284 g/mol. The average molecular weight is 317 g/mol. The van der Waals surface area contributed by atoms with Gasteiger partial charge >= 0.3 is 0 Å². The van der Waals surface area contributed by atoms with E-state index in [2.05, 4.69) is 24.1 Å². The lowest BCUT2D eigenvalue weighted by molar-refractivity contribution is -0.134. The zero-order chi connectivity index (χ0) is 14.5. The van der Waals surface area contributed by atoms with E-state index in [-0.39, 0.29) is 12.4 Å². The summed E-state index contributed by atoms with van der Waals surface area (Å²) in [5, 5.41) is 3.46. The van der Waals surface area contributed by atoms with Crippen molar-refractivity contribution in [2.24, 2.45) is 17.8 Å². The van der Waals surface area contributed by atoms with E-state index in [0.29, 0.717) is 23.8 Å². The Kier molecular flexibility index (Phi) is 8.04. The number of nitrogens with one attached hydrogen (secondary N) is 1. The molecule has 2 unspecified atom stereocenters. The van der Waals surface area contributed by atoms with Crippen LogP contribution < -0.4 is 5.32 Å². The second-order valence-corrected chi connectivity index (χ2v) is 7.21. The summed E-state index contributed by atoms with van der Waals surface area (Å²) in [6.07, 6.45) is 8.24. The summed E-state index contributed by atoms with van der Waals surface area (Å²) in [5.74, 6) is 2.41. The number of carbonyl (C=O) groups is 1. The molecule has 1 N–H and O–H groups in total. The predicted molar refractivity (Wildman–Crippen MR) is 90.8 cm³/mol. The van der Waals surface area contributed by atoms with Gasteiger partial charge in [0.25, 0.3) is 0 Å². The van der Waals surface area contributed by atoms with Crippen LogP contribution in [0.15, 0.2) is 0 Å². The van der Waals surface area contributed by atoms with Gasteiger partial charge in [-0.1, -0.05) is 13.8 Å². The van der Waals surface area contributed by atoms with Gasteiger partial charge in [0.05, 0.1) is 0 Å². The van der Waals surface area contributed by atoms with Gasteiger partial charge in [-0.05, 0) is 69.4 Å². The van der Waals surface area contributed by atoms with Crippen molar-refractivity contribution in [3.63, 3.8) is 0 Å². The van der Waals surface area contributed by atoms with Gasteiger partial charge in [-0.25, -0.2) is 0 Å². The minimum atomic E-state index is 0. The third-order valence-corrected chi connectivity index (χ3v) is 5.56. The first-order valence-corrected chi connectivity index (χ1v) is 8.54. The molecule has 0 aromatic carbocycles. The molecule has 0 radical (unpaired) electrons. The molecule has 4 heteroatoms. The lowest BCUT2D eigenvalue weighted by Gasteiger charge is -2.35. The van der Waals surface area contributed by atoms with E-state index in [1.54, 1.807) is 0 Å². The van der Waals surface area contributed by atoms with Gasteiger partial charge in [0, 0.05) is 19.5 Å². The topological polar surface area (TPSA) is 32.3 Å². The van der Waals surface area contributed by atoms with Crippen molar-refractivity contribution in [3.8, 4) is 0 Å². The SMILES string of the molecule is CC1CCC(N(C)C(=O)CC(C)C2CCCNC2)CC1.Cl. The first-order chi connectivity index (χ1) is 9.58. The fraction of sp³-hybridized carbons (Fsp3) is 0.941. The number of halogens is 1. The van der Waals surface area contributed by atoms with Gasteiger partial charge in [-0.2, -0.15) is 0 Å². The Labute approximate surface area is 136 Å². The predicted octanol–water partition coefficient (Wildman–Crippen LogP) is 3.47. The number of amides is 1. The summed E-state index contributed by atoms with van der Waals surface area (Å²) in [5.41, 5.74) is 0. The molecule has 1 saturated carbocycles. The lowest BCUT2D eigenvalue weighted by Crippen LogP contribution is -2.41. The highest BCUT2D eigenvalue weighted by molar-refractivity contribution is 5.85. The van der Waals surface area contributed by atoms with Crippen LogP contribution in [0.3, 0.4) is 0 Å². The Bertz CT molecular complexity index is 310.